The summed E-state index contributed by atoms with van der Waals surface area (Å²) in [6, 6.07) is 4.72. The van der Waals surface area contributed by atoms with Crippen LogP contribution in [0.15, 0.2) is 23.2 Å². The minimum Gasteiger partial charge on any atom is -0.478 e. The van der Waals surface area contributed by atoms with Gasteiger partial charge in [0.1, 0.15) is 18.5 Å². The number of ether oxygens (including phenoxy) is 1. The topological polar surface area (TPSA) is 21.6 Å². The molecule has 0 spiro atoms. The predicted octanol–water partition coefficient (Wildman–Crippen LogP) is 3.75. The molecule has 4 heteroatoms. The molecule has 2 nitrogen and oxygen atoms in total. The van der Waals surface area contributed by atoms with E-state index in [-0.39, 0.29) is 16.9 Å². The van der Waals surface area contributed by atoms with E-state index in [1.165, 1.54) is 6.07 Å². The number of aliphatic imine (C=N–C) groups is 1. The summed E-state index contributed by atoms with van der Waals surface area (Å²) < 4.78 is 19.1. The highest BCUT2D eigenvalue weighted by Gasteiger charge is 2.23. The fourth-order valence-corrected chi connectivity index (χ4v) is 1.89. The van der Waals surface area contributed by atoms with E-state index in [9.17, 15) is 4.39 Å². The Morgan fingerprint density at radius 1 is 1.56 bits per heavy atom. The molecule has 0 saturated carbocycles. The molecule has 0 unspecified atom stereocenters. The van der Waals surface area contributed by atoms with Crippen molar-refractivity contribution >= 4 is 17.5 Å². The third kappa shape index (κ3) is 2.19. The van der Waals surface area contributed by atoms with Crippen LogP contribution < -0.4 is 0 Å². The molecule has 1 atom stereocenters. The van der Waals surface area contributed by atoms with E-state index in [1.54, 1.807) is 12.1 Å². The van der Waals surface area contributed by atoms with Gasteiger partial charge in [0.25, 0.3) is 0 Å². The van der Waals surface area contributed by atoms with E-state index in [0.717, 1.165) is 12.8 Å². The van der Waals surface area contributed by atoms with Crippen molar-refractivity contribution in [3.63, 3.8) is 0 Å². The highest BCUT2D eigenvalue weighted by molar-refractivity contribution is 6.30. The van der Waals surface area contributed by atoms with Crippen LogP contribution in [0.3, 0.4) is 0 Å². The van der Waals surface area contributed by atoms with Gasteiger partial charge < -0.3 is 4.74 Å². The Morgan fingerprint density at radius 3 is 3.12 bits per heavy atom. The number of hydrogen-bond donors (Lipinski definition) is 0. The maximum Gasteiger partial charge on any atom is 0.183 e. The Balaban J connectivity index is 2.23. The summed E-state index contributed by atoms with van der Waals surface area (Å²) in [6.45, 7) is 2.46. The molecule has 0 radical (unpaired) electrons. The number of nitrogens with zero attached hydrogens (tertiary/aromatic N) is 1. The van der Waals surface area contributed by atoms with Gasteiger partial charge in [-0.3, -0.25) is 0 Å². The van der Waals surface area contributed by atoms with E-state index in [4.69, 9.17) is 16.3 Å². The van der Waals surface area contributed by atoms with Crippen LogP contribution in [0.5, 0.6) is 0 Å². The zero-order valence-corrected chi connectivity index (χ0v) is 9.80. The Kier molecular flexibility index (Phi) is 3.44. The van der Waals surface area contributed by atoms with Crippen LogP contribution in [0.2, 0.25) is 5.02 Å². The monoisotopic (exact) mass is 241 g/mol. The fourth-order valence-electron chi connectivity index (χ4n) is 1.71. The minimum absolute atomic E-state index is 0.136. The molecular formula is C12H13ClFNO. The molecule has 86 valence electrons. The lowest BCUT2D eigenvalue weighted by atomic mass is 10.1. The van der Waals surface area contributed by atoms with Gasteiger partial charge in [-0.1, -0.05) is 30.7 Å². The molecule has 0 saturated heterocycles. The largest absolute Gasteiger partial charge is 0.478 e. The van der Waals surface area contributed by atoms with E-state index in [2.05, 4.69) is 11.9 Å². The minimum atomic E-state index is -0.390. The van der Waals surface area contributed by atoms with Crippen molar-refractivity contribution in [1.29, 1.82) is 0 Å². The first kappa shape index (κ1) is 11.4. The quantitative estimate of drug-likeness (QED) is 0.790. The molecule has 1 aliphatic heterocycles. The predicted molar refractivity (Wildman–Crippen MR) is 62.4 cm³/mol. The van der Waals surface area contributed by atoms with Gasteiger partial charge in [-0.25, -0.2) is 9.38 Å². The number of benzene rings is 1. The average Bonchev–Trinajstić information content (AvgIpc) is 2.71. The number of hydrogen-bond acceptors (Lipinski definition) is 2. The Morgan fingerprint density at radius 2 is 2.38 bits per heavy atom. The molecule has 16 heavy (non-hydrogen) atoms. The van der Waals surface area contributed by atoms with Crippen LogP contribution in [0, 0.1) is 5.82 Å². The van der Waals surface area contributed by atoms with Gasteiger partial charge in [0.05, 0.1) is 5.02 Å². The normalized spacial score (nSPS) is 19.4. The smallest absolute Gasteiger partial charge is 0.183 e. The molecule has 2 rings (SSSR count). The Bertz CT molecular complexity index is 419. The van der Waals surface area contributed by atoms with Crippen molar-refractivity contribution in [2.45, 2.75) is 25.8 Å². The first-order valence-corrected chi connectivity index (χ1v) is 5.73. The molecule has 1 heterocycles. The molecule has 0 aromatic heterocycles. The summed E-state index contributed by atoms with van der Waals surface area (Å²) in [5.74, 6) is 0.325. The fraction of sp³-hybridized carbons (Fsp3) is 0.417. The average molecular weight is 242 g/mol. The van der Waals surface area contributed by atoms with Gasteiger partial charge >= 0.3 is 0 Å². The second-order valence-electron chi connectivity index (χ2n) is 3.74. The zero-order chi connectivity index (χ0) is 11.5. The summed E-state index contributed by atoms with van der Waals surface area (Å²) in [6.07, 6.45) is 1.78. The second-order valence-corrected chi connectivity index (χ2v) is 4.15. The Labute approximate surface area is 99.1 Å². The SMILES string of the molecule is CCCC1=N[C@H](c2cccc(Cl)c2F)CO1. The van der Waals surface area contributed by atoms with Crippen molar-refractivity contribution in [3.05, 3.63) is 34.6 Å². The van der Waals surface area contributed by atoms with Crippen LogP contribution in [-0.4, -0.2) is 12.5 Å². The van der Waals surface area contributed by atoms with Gasteiger partial charge in [0.15, 0.2) is 5.90 Å². The van der Waals surface area contributed by atoms with E-state index in [0.29, 0.717) is 18.1 Å². The molecule has 0 amide bonds. The zero-order valence-electron chi connectivity index (χ0n) is 9.04. The maximum absolute atomic E-state index is 13.7. The lowest BCUT2D eigenvalue weighted by Gasteiger charge is -2.07. The first-order chi connectivity index (χ1) is 7.72. The van der Waals surface area contributed by atoms with Crippen molar-refractivity contribution in [2.24, 2.45) is 4.99 Å². The molecule has 0 fully saturated rings. The Hall–Kier alpha value is -1.09. The summed E-state index contributed by atoms with van der Waals surface area (Å²) in [7, 11) is 0. The van der Waals surface area contributed by atoms with Crippen LogP contribution in [-0.2, 0) is 4.74 Å². The van der Waals surface area contributed by atoms with Gasteiger partial charge in [0, 0.05) is 12.0 Å². The van der Waals surface area contributed by atoms with Crippen LogP contribution in [0.25, 0.3) is 0 Å². The number of halogens is 2. The molecule has 0 aliphatic carbocycles. The summed E-state index contributed by atoms with van der Waals surface area (Å²) in [5, 5.41) is 0.136. The summed E-state index contributed by atoms with van der Waals surface area (Å²) in [4.78, 5) is 4.35. The van der Waals surface area contributed by atoms with Crippen molar-refractivity contribution in [3.8, 4) is 0 Å². The van der Waals surface area contributed by atoms with Gasteiger partial charge in [-0.2, -0.15) is 0 Å². The third-order valence-corrected chi connectivity index (χ3v) is 2.80. The molecule has 1 aromatic carbocycles. The standard InChI is InChI=1S/C12H13ClFNO/c1-2-4-11-15-10(7-16-11)8-5-3-6-9(13)12(8)14/h3,5-6,10H,2,4,7H2,1H3/t10-/m0/s1. The van der Waals surface area contributed by atoms with E-state index in [1.807, 2.05) is 0 Å². The molecule has 0 bridgehead atoms. The van der Waals surface area contributed by atoms with Crippen LogP contribution >= 0.6 is 11.6 Å². The summed E-state index contributed by atoms with van der Waals surface area (Å²) in [5.41, 5.74) is 0.513. The first-order valence-electron chi connectivity index (χ1n) is 5.35. The van der Waals surface area contributed by atoms with E-state index >= 15 is 0 Å². The number of rotatable bonds is 3. The highest BCUT2D eigenvalue weighted by Crippen LogP contribution is 2.29. The van der Waals surface area contributed by atoms with Crippen LogP contribution in [0.1, 0.15) is 31.4 Å². The van der Waals surface area contributed by atoms with Crippen molar-refractivity contribution in [2.75, 3.05) is 6.61 Å². The van der Waals surface area contributed by atoms with E-state index < -0.39 is 0 Å². The lowest BCUT2D eigenvalue weighted by molar-refractivity contribution is 0.309. The molecule has 1 aliphatic rings. The maximum atomic E-state index is 13.7. The van der Waals surface area contributed by atoms with Crippen LogP contribution in [0.4, 0.5) is 4.39 Å². The van der Waals surface area contributed by atoms with Crippen molar-refractivity contribution in [1.82, 2.24) is 0 Å². The van der Waals surface area contributed by atoms with Gasteiger partial charge in [0.2, 0.25) is 0 Å². The van der Waals surface area contributed by atoms with Gasteiger partial charge in [-0.05, 0) is 12.5 Å². The molecule has 0 N–H and O–H groups in total. The molecular weight excluding hydrogens is 229 g/mol. The lowest BCUT2D eigenvalue weighted by Crippen LogP contribution is -2.01. The highest BCUT2D eigenvalue weighted by atomic mass is 35.5. The molecule has 1 aromatic rings. The second kappa shape index (κ2) is 4.83. The summed E-state index contributed by atoms with van der Waals surface area (Å²) >= 11 is 5.73. The third-order valence-electron chi connectivity index (χ3n) is 2.51. The van der Waals surface area contributed by atoms with Gasteiger partial charge in [-0.15, -0.1) is 0 Å². The van der Waals surface area contributed by atoms with Crippen molar-refractivity contribution < 1.29 is 9.13 Å².